The number of halogens is 2. The Morgan fingerprint density at radius 2 is 1.71 bits per heavy atom. The fourth-order valence-electron chi connectivity index (χ4n) is 2.41. The summed E-state index contributed by atoms with van der Waals surface area (Å²) >= 11 is 0. The zero-order chi connectivity index (χ0) is 20.7. The first-order valence-electron chi connectivity index (χ1n) is 8.50. The van der Waals surface area contributed by atoms with Gasteiger partial charge in [0.15, 0.2) is 29.2 Å². The SMILES string of the molecule is COc1ccc(CCC(=O)O[C@H](C)C(=O)Nc2ccc(F)c(F)c2)cc1OC. The highest BCUT2D eigenvalue weighted by Crippen LogP contribution is 2.28. The Morgan fingerprint density at radius 1 is 1.00 bits per heavy atom. The third-order valence-electron chi connectivity index (χ3n) is 3.93. The average Bonchev–Trinajstić information content (AvgIpc) is 2.68. The summed E-state index contributed by atoms with van der Waals surface area (Å²) in [5.41, 5.74) is 0.908. The van der Waals surface area contributed by atoms with Crippen molar-refractivity contribution < 1.29 is 32.6 Å². The summed E-state index contributed by atoms with van der Waals surface area (Å²) in [5, 5.41) is 2.36. The third-order valence-corrected chi connectivity index (χ3v) is 3.93. The first-order valence-corrected chi connectivity index (χ1v) is 8.50. The van der Waals surface area contributed by atoms with Crippen LogP contribution in [0.3, 0.4) is 0 Å². The van der Waals surface area contributed by atoms with E-state index in [4.69, 9.17) is 14.2 Å². The Labute approximate surface area is 161 Å². The normalized spacial score (nSPS) is 11.5. The Balaban J connectivity index is 1.86. The van der Waals surface area contributed by atoms with E-state index in [-0.39, 0.29) is 12.1 Å². The highest BCUT2D eigenvalue weighted by Gasteiger charge is 2.18. The summed E-state index contributed by atoms with van der Waals surface area (Å²) in [6.07, 6.45) is -0.652. The van der Waals surface area contributed by atoms with Gasteiger partial charge in [-0.3, -0.25) is 9.59 Å². The van der Waals surface area contributed by atoms with Crippen LogP contribution < -0.4 is 14.8 Å². The number of carbonyl (C=O) groups excluding carboxylic acids is 2. The summed E-state index contributed by atoms with van der Waals surface area (Å²) in [6.45, 7) is 1.39. The van der Waals surface area contributed by atoms with Gasteiger partial charge < -0.3 is 19.5 Å². The number of anilines is 1. The summed E-state index contributed by atoms with van der Waals surface area (Å²) in [7, 11) is 3.05. The van der Waals surface area contributed by atoms with Crippen LogP contribution in [0.1, 0.15) is 18.9 Å². The van der Waals surface area contributed by atoms with Crippen LogP contribution in [0.5, 0.6) is 11.5 Å². The van der Waals surface area contributed by atoms with Gasteiger partial charge in [-0.15, -0.1) is 0 Å². The molecule has 2 aromatic rings. The first-order chi connectivity index (χ1) is 13.3. The quantitative estimate of drug-likeness (QED) is 0.695. The molecule has 0 aliphatic heterocycles. The van der Waals surface area contributed by atoms with Crippen molar-refractivity contribution in [2.24, 2.45) is 0 Å². The molecule has 0 radical (unpaired) electrons. The van der Waals surface area contributed by atoms with Crippen LogP contribution in [0.2, 0.25) is 0 Å². The van der Waals surface area contributed by atoms with Crippen molar-refractivity contribution in [2.45, 2.75) is 25.9 Å². The van der Waals surface area contributed by atoms with Gasteiger partial charge in [-0.2, -0.15) is 0 Å². The minimum absolute atomic E-state index is 0.0538. The maximum atomic E-state index is 13.2. The number of amides is 1. The highest BCUT2D eigenvalue weighted by atomic mass is 19.2. The second-order valence-corrected chi connectivity index (χ2v) is 5.94. The summed E-state index contributed by atoms with van der Waals surface area (Å²) < 4.78 is 41.5. The monoisotopic (exact) mass is 393 g/mol. The van der Waals surface area contributed by atoms with E-state index in [2.05, 4.69) is 5.32 Å². The predicted octanol–water partition coefficient (Wildman–Crippen LogP) is 3.49. The molecule has 150 valence electrons. The van der Waals surface area contributed by atoms with Crippen LogP contribution in [0, 0.1) is 11.6 Å². The molecule has 1 N–H and O–H groups in total. The van der Waals surface area contributed by atoms with Gasteiger partial charge in [-0.1, -0.05) is 6.07 Å². The Hall–Kier alpha value is -3.16. The van der Waals surface area contributed by atoms with Crippen molar-refractivity contribution in [1.29, 1.82) is 0 Å². The topological polar surface area (TPSA) is 73.9 Å². The van der Waals surface area contributed by atoms with Crippen LogP contribution in [-0.4, -0.2) is 32.2 Å². The number of hydrogen-bond acceptors (Lipinski definition) is 5. The van der Waals surface area contributed by atoms with Gasteiger partial charge in [0.05, 0.1) is 14.2 Å². The molecule has 0 fully saturated rings. The lowest BCUT2D eigenvalue weighted by molar-refractivity contribution is -0.153. The number of rotatable bonds is 8. The number of methoxy groups -OCH3 is 2. The zero-order valence-electron chi connectivity index (χ0n) is 15.8. The molecule has 0 aliphatic rings. The average molecular weight is 393 g/mol. The summed E-state index contributed by atoms with van der Waals surface area (Å²) in [4.78, 5) is 24.0. The molecule has 2 aromatic carbocycles. The van der Waals surface area contributed by atoms with Gasteiger partial charge in [0.1, 0.15) is 0 Å². The van der Waals surface area contributed by atoms with Gasteiger partial charge in [0.25, 0.3) is 5.91 Å². The maximum absolute atomic E-state index is 13.2. The number of benzene rings is 2. The summed E-state index contributed by atoms with van der Waals surface area (Å²) in [6, 6.07) is 8.24. The van der Waals surface area contributed by atoms with E-state index >= 15 is 0 Å². The number of hydrogen-bond donors (Lipinski definition) is 1. The smallest absolute Gasteiger partial charge is 0.306 e. The van der Waals surface area contributed by atoms with E-state index in [1.807, 2.05) is 0 Å². The zero-order valence-corrected chi connectivity index (χ0v) is 15.8. The van der Waals surface area contributed by atoms with E-state index in [1.165, 1.54) is 27.2 Å². The minimum Gasteiger partial charge on any atom is -0.493 e. The lowest BCUT2D eigenvalue weighted by Gasteiger charge is -2.14. The van der Waals surface area contributed by atoms with Gasteiger partial charge in [0, 0.05) is 18.2 Å². The van der Waals surface area contributed by atoms with Crippen LogP contribution in [0.4, 0.5) is 14.5 Å². The number of esters is 1. The van der Waals surface area contributed by atoms with E-state index in [0.29, 0.717) is 17.9 Å². The van der Waals surface area contributed by atoms with E-state index in [0.717, 1.165) is 17.7 Å². The Morgan fingerprint density at radius 3 is 2.36 bits per heavy atom. The molecule has 8 heteroatoms. The maximum Gasteiger partial charge on any atom is 0.306 e. The van der Waals surface area contributed by atoms with Crippen molar-refractivity contribution in [2.75, 3.05) is 19.5 Å². The molecule has 6 nitrogen and oxygen atoms in total. The number of ether oxygens (including phenoxy) is 3. The van der Waals surface area contributed by atoms with Gasteiger partial charge in [-0.05, 0) is 43.2 Å². The van der Waals surface area contributed by atoms with Crippen molar-refractivity contribution >= 4 is 17.6 Å². The molecule has 1 atom stereocenters. The molecule has 0 heterocycles. The molecule has 2 rings (SSSR count). The van der Waals surface area contributed by atoms with Crippen LogP contribution in [-0.2, 0) is 20.7 Å². The highest BCUT2D eigenvalue weighted by molar-refractivity contribution is 5.95. The summed E-state index contributed by atoms with van der Waals surface area (Å²) in [5.74, 6) is -2.19. The van der Waals surface area contributed by atoms with Gasteiger partial charge >= 0.3 is 5.97 Å². The molecular weight excluding hydrogens is 372 g/mol. The number of nitrogens with one attached hydrogen (secondary N) is 1. The molecule has 0 bridgehead atoms. The van der Waals surface area contributed by atoms with Crippen LogP contribution >= 0.6 is 0 Å². The molecule has 0 saturated carbocycles. The van der Waals surface area contributed by atoms with Crippen molar-refractivity contribution in [3.05, 3.63) is 53.6 Å². The van der Waals surface area contributed by atoms with E-state index in [9.17, 15) is 18.4 Å². The fraction of sp³-hybridized carbons (Fsp3) is 0.300. The fourth-order valence-corrected chi connectivity index (χ4v) is 2.41. The molecule has 0 aromatic heterocycles. The lowest BCUT2D eigenvalue weighted by Crippen LogP contribution is -2.30. The number of aryl methyl sites for hydroxylation is 1. The van der Waals surface area contributed by atoms with Crippen molar-refractivity contribution in [3.63, 3.8) is 0 Å². The molecule has 0 spiro atoms. The molecule has 0 saturated heterocycles. The van der Waals surface area contributed by atoms with Gasteiger partial charge in [-0.25, -0.2) is 8.78 Å². The molecule has 28 heavy (non-hydrogen) atoms. The predicted molar refractivity (Wildman–Crippen MR) is 98.4 cm³/mol. The van der Waals surface area contributed by atoms with Crippen LogP contribution in [0.25, 0.3) is 0 Å². The molecule has 0 aliphatic carbocycles. The third kappa shape index (κ3) is 5.67. The number of carbonyl (C=O) groups is 2. The van der Waals surface area contributed by atoms with Crippen LogP contribution in [0.15, 0.2) is 36.4 Å². The Bertz CT molecular complexity index is 856. The Kier molecular flexibility index (Phi) is 7.31. The van der Waals surface area contributed by atoms with Gasteiger partial charge in [0.2, 0.25) is 0 Å². The van der Waals surface area contributed by atoms with E-state index in [1.54, 1.807) is 18.2 Å². The van der Waals surface area contributed by atoms with Crippen molar-refractivity contribution in [3.8, 4) is 11.5 Å². The van der Waals surface area contributed by atoms with E-state index < -0.39 is 29.6 Å². The molecule has 0 unspecified atom stereocenters. The minimum atomic E-state index is -1.09. The van der Waals surface area contributed by atoms with Crippen molar-refractivity contribution in [1.82, 2.24) is 0 Å². The molecular formula is C20H21F2NO5. The standard InChI is InChI=1S/C20H21F2NO5/c1-12(20(25)23-14-6-7-15(21)16(22)11-14)28-19(24)9-5-13-4-8-17(26-2)18(10-13)27-3/h4,6-8,10-12H,5,9H2,1-3H3,(H,23,25)/t12-/m1/s1. The lowest BCUT2D eigenvalue weighted by atomic mass is 10.1. The second kappa shape index (κ2) is 9.68. The largest absolute Gasteiger partial charge is 0.493 e. The molecule has 1 amide bonds. The first kappa shape index (κ1) is 21.1. The second-order valence-electron chi connectivity index (χ2n) is 5.94.